The Labute approximate surface area is 203 Å². The smallest absolute Gasteiger partial charge is 0.256 e. The molecule has 3 heterocycles. The summed E-state index contributed by atoms with van der Waals surface area (Å²) in [6, 6.07) is 13.6. The molecule has 10 heteroatoms. The molecular weight excluding hydrogens is 509 g/mol. The number of carbonyl (C=O) groups excluding carboxylic acids is 2. The molecule has 1 fully saturated rings. The number of nitrogens with one attached hydrogen (secondary N) is 1. The number of thioether (sulfide) groups is 1. The molecule has 0 saturated carbocycles. The maximum absolute atomic E-state index is 14.0. The van der Waals surface area contributed by atoms with Crippen molar-refractivity contribution in [1.29, 1.82) is 0 Å². The molecule has 1 aliphatic rings. The number of hydrogen-bond donors (Lipinski definition) is 1. The Morgan fingerprint density at radius 2 is 1.82 bits per heavy atom. The molecule has 1 N–H and O–H groups in total. The third kappa shape index (κ3) is 5.88. The summed E-state index contributed by atoms with van der Waals surface area (Å²) >= 11 is 4.34. The number of pyridine rings is 2. The van der Waals surface area contributed by atoms with Crippen molar-refractivity contribution >= 4 is 51.0 Å². The van der Waals surface area contributed by atoms with Crippen LogP contribution in [-0.4, -0.2) is 58.6 Å². The number of hydrogen-bond acceptors (Lipinski definition) is 6. The Morgan fingerprint density at radius 3 is 2.55 bits per heavy atom. The van der Waals surface area contributed by atoms with Crippen LogP contribution in [0.25, 0.3) is 0 Å². The van der Waals surface area contributed by atoms with Crippen LogP contribution in [0, 0.1) is 5.82 Å². The van der Waals surface area contributed by atoms with E-state index in [0.29, 0.717) is 41.2 Å². The predicted octanol–water partition coefficient (Wildman–Crippen LogP) is 4.07. The second-order valence-electron chi connectivity index (χ2n) is 7.28. The average Bonchev–Trinajstić information content (AvgIpc) is 2.85. The van der Waals surface area contributed by atoms with Crippen molar-refractivity contribution in [1.82, 2.24) is 14.9 Å². The summed E-state index contributed by atoms with van der Waals surface area (Å²) in [6.07, 6.45) is 3.34. The Morgan fingerprint density at radius 1 is 1.03 bits per heavy atom. The van der Waals surface area contributed by atoms with Crippen molar-refractivity contribution in [2.75, 3.05) is 42.1 Å². The molecular formula is C23H21BrFN5O2S. The summed E-state index contributed by atoms with van der Waals surface area (Å²) in [5.74, 6) is -0.128. The van der Waals surface area contributed by atoms with Crippen LogP contribution in [0.15, 0.2) is 70.4 Å². The Kier molecular flexibility index (Phi) is 7.56. The van der Waals surface area contributed by atoms with Gasteiger partial charge in [-0.05, 0) is 42.5 Å². The van der Waals surface area contributed by atoms with Crippen molar-refractivity contribution in [3.8, 4) is 0 Å². The van der Waals surface area contributed by atoms with Gasteiger partial charge in [-0.1, -0.05) is 33.8 Å². The first-order chi connectivity index (χ1) is 16.0. The minimum atomic E-state index is -0.527. The highest BCUT2D eigenvalue weighted by atomic mass is 79.9. The summed E-state index contributed by atoms with van der Waals surface area (Å²) in [5.41, 5.74) is 0.559. The fourth-order valence-electron chi connectivity index (χ4n) is 3.43. The lowest BCUT2D eigenvalue weighted by Crippen LogP contribution is -2.49. The molecule has 0 spiro atoms. The summed E-state index contributed by atoms with van der Waals surface area (Å²) in [5, 5.41) is 3.02. The second kappa shape index (κ2) is 10.8. The van der Waals surface area contributed by atoms with Crippen LogP contribution in [0.2, 0.25) is 0 Å². The monoisotopic (exact) mass is 529 g/mol. The van der Waals surface area contributed by atoms with Crippen LogP contribution in [0.3, 0.4) is 0 Å². The number of benzene rings is 1. The lowest BCUT2D eigenvalue weighted by Gasteiger charge is -2.35. The normalized spacial score (nSPS) is 13.6. The van der Waals surface area contributed by atoms with Gasteiger partial charge in [0.15, 0.2) is 0 Å². The van der Waals surface area contributed by atoms with Gasteiger partial charge < -0.3 is 15.1 Å². The van der Waals surface area contributed by atoms with Crippen molar-refractivity contribution in [3.05, 3.63) is 76.8 Å². The van der Waals surface area contributed by atoms with Gasteiger partial charge in [0, 0.05) is 43.0 Å². The van der Waals surface area contributed by atoms with Crippen molar-refractivity contribution in [2.24, 2.45) is 0 Å². The van der Waals surface area contributed by atoms with Crippen molar-refractivity contribution in [2.45, 2.75) is 5.03 Å². The number of carbonyl (C=O) groups is 2. The topological polar surface area (TPSA) is 78.4 Å². The first kappa shape index (κ1) is 23.2. The highest BCUT2D eigenvalue weighted by Crippen LogP contribution is 2.24. The lowest BCUT2D eigenvalue weighted by molar-refractivity contribution is -0.113. The largest absolute Gasteiger partial charge is 0.353 e. The molecule has 2 aromatic heterocycles. The van der Waals surface area contributed by atoms with Gasteiger partial charge in [-0.25, -0.2) is 14.4 Å². The summed E-state index contributed by atoms with van der Waals surface area (Å²) in [6.45, 7) is 2.51. The molecule has 170 valence electrons. The lowest BCUT2D eigenvalue weighted by atomic mass is 10.2. The number of piperazine rings is 1. The van der Waals surface area contributed by atoms with Gasteiger partial charge in [-0.15, -0.1) is 0 Å². The third-order valence-corrected chi connectivity index (χ3v) is 6.59. The van der Waals surface area contributed by atoms with Gasteiger partial charge in [0.05, 0.1) is 17.0 Å². The number of rotatable bonds is 6. The van der Waals surface area contributed by atoms with Gasteiger partial charge in [-0.3, -0.25) is 9.59 Å². The zero-order valence-electron chi connectivity index (χ0n) is 17.6. The van der Waals surface area contributed by atoms with Gasteiger partial charge in [-0.2, -0.15) is 0 Å². The maximum Gasteiger partial charge on any atom is 0.256 e. The van der Waals surface area contributed by atoms with E-state index in [1.807, 2.05) is 18.2 Å². The van der Waals surface area contributed by atoms with E-state index >= 15 is 0 Å². The van der Waals surface area contributed by atoms with E-state index in [0.717, 1.165) is 17.6 Å². The summed E-state index contributed by atoms with van der Waals surface area (Å²) in [7, 11) is 0. The van der Waals surface area contributed by atoms with Crippen LogP contribution in [0.4, 0.5) is 15.9 Å². The van der Waals surface area contributed by atoms with Crippen LogP contribution in [0.1, 0.15) is 10.4 Å². The highest BCUT2D eigenvalue weighted by molar-refractivity contribution is 9.10. The highest BCUT2D eigenvalue weighted by Gasteiger charge is 2.25. The molecule has 0 radical (unpaired) electrons. The first-order valence-electron chi connectivity index (χ1n) is 10.3. The molecule has 1 aromatic carbocycles. The average molecular weight is 530 g/mol. The quantitative estimate of drug-likeness (QED) is 0.485. The van der Waals surface area contributed by atoms with Crippen molar-refractivity contribution in [3.63, 3.8) is 0 Å². The fourth-order valence-corrected chi connectivity index (χ4v) is 4.55. The van der Waals surface area contributed by atoms with Gasteiger partial charge in [0.2, 0.25) is 5.91 Å². The number of amides is 2. The van der Waals surface area contributed by atoms with Gasteiger partial charge in [0.1, 0.15) is 16.7 Å². The summed E-state index contributed by atoms with van der Waals surface area (Å²) in [4.78, 5) is 38.1. The number of anilines is 2. The molecule has 2 amide bonds. The zero-order chi connectivity index (χ0) is 23.2. The van der Waals surface area contributed by atoms with Crippen LogP contribution in [0.5, 0.6) is 0 Å². The molecule has 0 atom stereocenters. The first-order valence-corrected chi connectivity index (χ1v) is 12.1. The number of aromatic nitrogens is 2. The SMILES string of the molecule is O=C(CSc1ncccc1C(=O)N1CCN(c2ccccn2)CC1)Nc1ccc(Br)cc1F. The molecule has 0 bridgehead atoms. The van der Waals surface area contributed by atoms with Crippen LogP contribution >= 0.6 is 27.7 Å². The van der Waals surface area contributed by atoms with Crippen LogP contribution < -0.4 is 10.2 Å². The van der Waals surface area contributed by atoms with E-state index < -0.39 is 5.82 Å². The number of halogens is 2. The standard InChI is InChI=1S/C23H21BrFN5O2S/c24-16-6-7-19(18(25)14-16)28-21(31)15-33-22-17(4-3-9-27-22)23(32)30-12-10-29(11-13-30)20-5-1-2-8-26-20/h1-9,14H,10-13,15H2,(H,28,31). The molecule has 1 saturated heterocycles. The Bertz CT molecular complexity index is 1140. The molecule has 0 unspecified atom stereocenters. The second-order valence-corrected chi connectivity index (χ2v) is 9.16. The van der Waals surface area contributed by atoms with E-state index in [1.165, 1.54) is 12.1 Å². The van der Waals surface area contributed by atoms with Crippen LogP contribution in [-0.2, 0) is 4.79 Å². The molecule has 33 heavy (non-hydrogen) atoms. The van der Waals surface area contributed by atoms with E-state index in [-0.39, 0.29) is 23.3 Å². The molecule has 0 aliphatic carbocycles. The zero-order valence-corrected chi connectivity index (χ0v) is 20.0. The summed E-state index contributed by atoms with van der Waals surface area (Å²) < 4.78 is 14.6. The number of nitrogens with zero attached hydrogens (tertiary/aromatic N) is 4. The fraction of sp³-hybridized carbons (Fsp3) is 0.217. The van der Waals surface area contributed by atoms with E-state index in [4.69, 9.17) is 0 Å². The molecule has 7 nitrogen and oxygen atoms in total. The molecule has 1 aliphatic heterocycles. The Hall–Kier alpha value is -2.98. The predicted molar refractivity (Wildman–Crippen MR) is 130 cm³/mol. The van der Waals surface area contributed by atoms with Gasteiger partial charge in [0.25, 0.3) is 5.91 Å². The molecule has 3 aromatic rings. The Balaban J connectivity index is 1.36. The van der Waals surface area contributed by atoms with Gasteiger partial charge >= 0.3 is 0 Å². The minimum Gasteiger partial charge on any atom is -0.353 e. The maximum atomic E-state index is 14.0. The van der Waals surface area contributed by atoms with E-state index in [1.54, 1.807) is 35.5 Å². The van der Waals surface area contributed by atoms with E-state index in [2.05, 4.69) is 36.1 Å². The molecule has 4 rings (SSSR count). The third-order valence-electron chi connectivity index (χ3n) is 5.09. The van der Waals surface area contributed by atoms with E-state index in [9.17, 15) is 14.0 Å². The minimum absolute atomic E-state index is 0.000250. The van der Waals surface area contributed by atoms with Crippen molar-refractivity contribution < 1.29 is 14.0 Å².